The quantitative estimate of drug-likeness (QED) is 0.694. The van der Waals surface area contributed by atoms with Gasteiger partial charge in [-0.3, -0.25) is 9.59 Å². The Morgan fingerprint density at radius 1 is 1.14 bits per heavy atom. The maximum atomic E-state index is 12.3. The highest BCUT2D eigenvalue weighted by atomic mass is 35.5. The number of benzene rings is 2. The first-order valence-corrected chi connectivity index (χ1v) is 9.24. The van der Waals surface area contributed by atoms with Gasteiger partial charge in [-0.05, 0) is 35.9 Å². The molecule has 28 heavy (non-hydrogen) atoms. The Hall–Kier alpha value is -2.41. The summed E-state index contributed by atoms with van der Waals surface area (Å²) in [5.41, 5.74) is 0.977. The van der Waals surface area contributed by atoms with Crippen LogP contribution in [0.15, 0.2) is 36.4 Å². The topological polar surface area (TPSA) is 67.9 Å². The van der Waals surface area contributed by atoms with E-state index in [1.54, 1.807) is 36.4 Å². The summed E-state index contributed by atoms with van der Waals surface area (Å²) in [6.07, 6.45) is 2.92. The lowest BCUT2D eigenvalue weighted by molar-refractivity contribution is -0.129. The van der Waals surface area contributed by atoms with Crippen molar-refractivity contribution in [2.75, 3.05) is 25.7 Å². The predicted octanol–water partition coefficient (Wildman–Crippen LogP) is 4.49. The molecule has 1 heterocycles. The highest BCUT2D eigenvalue weighted by Gasteiger charge is 2.18. The minimum absolute atomic E-state index is 0.106. The first-order chi connectivity index (χ1) is 13.3. The van der Waals surface area contributed by atoms with Gasteiger partial charge in [-0.25, -0.2) is 0 Å². The summed E-state index contributed by atoms with van der Waals surface area (Å²) in [6.45, 7) is -0.0684. The van der Waals surface area contributed by atoms with Crippen molar-refractivity contribution in [2.45, 2.75) is 0 Å². The third-order valence-electron chi connectivity index (χ3n) is 3.85. The molecule has 0 saturated heterocycles. The molecule has 1 aliphatic rings. The van der Waals surface area contributed by atoms with E-state index in [0.717, 1.165) is 0 Å². The van der Waals surface area contributed by atoms with E-state index in [9.17, 15) is 9.59 Å². The number of likely N-dealkylation sites (N-methyl/N-ethyl adjacent to an activating group) is 1. The SMILES string of the molecule is CN(CC(=O)Nc1c(Cl)cccc1Cl)C(=O)/C=C/c1cc(Cl)c2c(c1)OCO2. The molecular weight excluding hydrogens is 427 g/mol. The monoisotopic (exact) mass is 440 g/mol. The van der Waals surface area contributed by atoms with E-state index in [-0.39, 0.29) is 19.2 Å². The van der Waals surface area contributed by atoms with Crippen molar-refractivity contribution in [3.63, 3.8) is 0 Å². The summed E-state index contributed by atoms with van der Waals surface area (Å²) in [6, 6.07) is 8.26. The van der Waals surface area contributed by atoms with Gasteiger partial charge >= 0.3 is 0 Å². The zero-order valence-electron chi connectivity index (χ0n) is 14.7. The van der Waals surface area contributed by atoms with Crippen LogP contribution in [-0.4, -0.2) is 37.1 Å². The Balaban J connectivity index is 1.61. The van der Waals surface area contributed by atoms with Gasteiger partial charge in [-0.1, -0.05) is 40.9 Å². The van der Waals surface area contributed by atoms with Gasteiger partial charge in [0.25, 0.3) is 0 Å². The first-order valence-electron chi connectivity index (χ1n) is 8.11. The summed E-state index contributed by atoms with van der Waals surface area (Å²) < 4.78 is 10.5. The van der Waals surface area contributed by atoms with Gasteiger partial charge in [0.15, 0.2) is 11.5 Å². The van der Waals surface area contributed by atoms with Gasteiger partial charge in [0, 0.05) is 13.1 Å². The number of carbonyl (C=O) groups is 2. The van der Waals surface area contributed by atoms with E-state index in [2.05, 4.69) is 5.32 Å². The second kappa shape index (κ2) is 8.73. The molecule has 2 aromatic rings. The van der Waals surface area contributed by atoms with E-state index < -0.39 is 5.91 Å². The molecule has 9 heteroatoms. The van der Waals surface area contributed by atoms with Crippen LogP contribution >= 0.6 is 34.8 Å². The lowest BCUT2D eigenvalue weighted by Gasteiger charge is -2.16. The molecule has 0 bridgehead atoms. The number of fused-ring (bicyclic) bond motifs is 1. The molecule has 3 rings (SSSR count). The lowest BCUT2D eigenvalue weighted by atomic mass is 10.2. The van der Waals surface area contributed by atoms with E-state index in [0.29, 0.717) is 37.8 Å². The first kappa shape index (κ1) is 20.3. The van der Waals surface area contributed by atoms with Crippen molar-refractivity contribution >= 4 is 58.4 Å². The van der Waals surface area contributed by atoms with Crippen molar-refractivity contribution in [3.8, 4) is 11.5 Å². The Kier molecular flexibility index (Phi) is 6.34. The minimum Gasteiger partial charge on any atom is -0.454 e. The van der Waals surface area contributed by atoms with Crippen molar-refractivity contribution in [1.29, 1.82) is 0 Å². The van der Waals surface area contributed by atoms with Gasteiger partial charge in [-0.2, -0.15) is 0 Å². The third kappa shape index (κ3) is 4.70. The van der Waals surface area contributed by atoms with E-state index in [1.807, 2.05) is 0 Å². The summed E-state index contributed by atoms with van der Waals surface area (Å²) in [5.74, 6) is 0.209. The Labute approximate surface area is 176 Å². The molecule has 6 nitrogen and oxygen atoms in total. The van der Waals surface area contributed by atoms with E-state index in [1.165, 1.54) is 18.0 Å². The maximum absolute atomic E-state index is 12.3. The molecule has 1 N–H and O–H groups in total. The molecule has 0 saturated carbocycles. The molecule has 146 valence electrons. The van der Waals surface area contributed by atoms with Gasteiger partial charge in [0.2, 0.25) is 18.6 Å². The average Bonchev–Trinajstić information content (AvgIpc) is 3.12. The second-order valence-corrected chi connectivity index (χ2v) is 7.13. The van der Waals surface area contributed by atoms with Crippen molar-refractivity contribution in [2.24, 2.45) is 0 Å². The summed E-state index contributed by atoms with van der Waals surface area (Å²) in [4.78, 5) is 25.7. The van der Waals surface area contributed by atoms with Crippen LogP contribution < -0.4 is 14.8 Å². The Morgan fingerprint density at radius 2 is 1.86 bits per heavy atom. The van der Waals surface area contributed by atoms with E-state index in [4.69, 9.17) is 44.3 Å². The fourth-order valence-corrected chi connectivity index (χ4v) is 3.23. The molecule has 0 radical (unpaired) electrons. The van der Waals surface area contributed by atoms with Crippen LogP contribution in [-0.2, 0) is 9.59 Å². The number of hydrogen-bond donors (Lipinski definition) is 1. The van der Waals surface area contributed by atoms with Crippen molar-refractivity contribution in [3.05, 3.63) is 57.0 Å². The summed E-state index contributed by atoms with van der Waals surface area (Å²) >= 11 is 18.2. The highest BCUT2D eigenvalue weighted by Crippen LogP contribution is 2.40. The van der Waals surface area contributed by atoms with Crippen LogP contribution in [0.5, 0.6) is 11.5 Å². The average molecular weight is 442 g/mol. The smallest absolute Gasteiger partial charge is 0.246 e. The molecule has 0 spiro atoms. The highest BCUT2D eigenvalue weighted by molar-refractivity contribution is 6.39. The molecule has 1 aliphatic heterocycles. The number of anilines is 1. The van der Waals surface area contributed by atoms with E-state index >= 15 is 0 Å². The number of rotatable bonds is 5. The molecule has 0 aliphatic carbocycles. The van der Waals surface area contributed by atoms with Crippen LogP contribution in [0.25, 0.3) is 6.08 Å². The zero-order chi connectivity index (χ0) is 20.3. The maximum Gasteiger partial charge on any atom is 0.246 e. The summed E-state index contributed by atoms with van der Waals surface area (Å²) in [5, 5.41) is 3.63. The lowest BCUT2D eigenvalue weighted by Crippen LogP contribution is -2.34. The molecule has 0 fully saturated rings. The van der Waals surface area contributed by atoms with Gasteiger partial charge in [-0.15, -0.1) is 0 Å². The van der Waals surface area contributed by atoms with Crippen LogP contribution in [0.1, 0.15) is 5.56 Å². The Morgan fingerprint density at radius 3 is 2.57 bits per heavy atom. The largest absolute Gasteiger partial charge is 0.454 e. The Bertz CT molecular complexity index is 942. The van der Waals surface area contributed by atoms with Crippen LogP contribution in [0.2, 0.25) is 15.1 Å². The normalized spacial score (nSPS) is 12.3. The van der Waals surface area contributed by atoms with Gasteiger partial charge < -0.3 is 19.7 Å². The number of carbonyl (C=O) groups excluding carboxylic acids is 2. The fraction of sp³-hybridized carbons (Fsp3) is 0.158. The minimum atomic E-state index is -0.426. The molecule has 0 unspecified atom stereocenters. The second-order valence-electron chi connectivity index (χ2n) is 5.91. The number of ether oxygens (including phenoxy) is 2. The van der Waals surface area contributed by atoms with Crippen molar-refractivity contribution < 1.29 is 19.1 Å². The molecule has 0 atom stereocenters. The summed E-state index contributed by atoms with van der Waals surface area (Å²) in [7, 11) is 1.51. The number of amides is 2. The fourth-order valence-electron chi connectivity index (χ4n) is 2.47. The number of nitrogens with zero attached hydrogens (tertiary/aromatic N) is 1. The van der Waals surface area contributed by atoms with Gasteiger partial charge in [0.05, 0.1) is 27.3 Å². The van der Waals surface area contributed by atoms with Gasteiger partial charge in [0.1, 0.15) is 0 Å². The van der Waals surface area contributed by atoms with Crippen molar-refractivity contribution in [1.82, 2.24) is 4.90 Å². The number of halogens is 3. The van der Waals surface area contributed by atoms with Crippen LogP contribution in [0.4, 0.5) is 5.69 Å². The molecule has 2 amide bonds. The van der Waals surface area contributed by atoms with Crippen LogP contribution in [0.3, 0.4) is 0 Å². The molecular formula is C19H15Cl3N2O4. The zero-order valence-corrected chi connectivity index (χ0v) is 16.9. The predicted molar refractivity (Wildman–Crippen MR) is 109 cm³/mol. The molecule has 2 aromatic carbocycles. The third-order valence-corrected chi connectivity index (χ3v) is 4.76. The standard InChI is InChI=1S/C19H15Cl3N2O4/c1-24(9-16(25)23-18-12(20)3-2-4-13(18)21)17(26)6-5-11-7-14(22)19-15(8-11)27-10-28-19/h2-8H,9-10H2,1H3,(H,23,25)/b6-5+. The molecule has 0 aromatic heterocycles. The number of hydrogen-bond acceptors (Lipinski definition) is 4. The van der Waals surface area contributed by atoms with Crippen LogP contribution in [0, 0.1) is 0 Å². The number of para-hydroxylation sites is 1. The number of nitrogens with one attached hydrogen (secondary N) is 1.